The fourth-order valence-corrected chi connectivity index (χ4v) is 1.59. The standard InChI is InChI=1S/C13H18ClNO3/c1-9(7-14)8-15-13(16)10-5-4-6-11(17-2)12(10)18-3/h4-6,9H,7-8H2,1-3H3,(H,15,16). The largest absolute Gasteiger partial charge is 0.493 e. The molecule has 0 spiro atoms. The average Bonchev–Trinajstić information content (AvgIpc) is 2.42. The molecule has 1 amide bonds. The molecular weight excluding hydrogens is 254 g/mol. The van der Waals surface area contributed by atoms with Crippen molar-refractivity contribution in [2.75, 3.05) is 26.6 Å². The number of hydrogen-bond acceptors (Lipinski definition) is 3. The molecule has 1 aromatic carbocycles. The number of ether oxygens (including phenoxy) is 2. The second kappa shape index (κ2) is 7.11. The van der Waals surface area contributed by atoms with Crippen molar-refractivity contribution in [1.82, 2.24) is 5.32 Å². The Morgan fingerprint density at radius 2 is 2.11 bits per heavy atom. The van der Waals surface area contributed by atoms with Gasteiger partial charge in [0, 0.05) is 12.4 Å². The van der Waals surface area contributed by atoms with E-state index in [1.807, 2.05) is 6.92 Å². The number of para-hydroxylation sites is 1. The van der Waals surface area contributed by atoms with Crippen LogP contribution in [0.5, 0.6) is 11.5 Å². The van der Waals surface area contributed by atoms with E-state index in [1.54, 1.807) is 18.2 Å². The first-order valence-electron chi connectivity index (χ1n) is 5.69. The van der Waals surface area contributed by atoms with Gasteiger partial charge in [0.25, 0.3) is 5.91 Å². The lowest BCUT2D eigenvalue weighted by atomic mass is 10.1. The molecule has 0 saturated carbocycles. The summed E-state index contributed by atoms with van der Waals surface area (Å²) in [5.74, 6) is 1.52. The highest BCUT2D eigenvalue weighted by Gasteiger charge is 2.16. The smallest absolute Gasteiger partial charge is 0.255 e. The van der Waals surface area contributed by atoms with Crippen LogP contribution >= 0.6 is 11.6 Å². The minimum atomic E-state index is -0.192. The fourth-order valence-electron chi connectivity index (χ4n) is 1.48. The van der Waals surface area contributed by atoms with Gasteiger partial charge in [-0.15, -0.1) is 11.6 Å². The maximum absolute atomic E-state index is 12.0. The Hall–Kier alpha value is -1.42. The summed E-state index contributed by atoms with van der Waals surface area (Å²) in [6.07, 6.45) is 0. The van der Waals surface area contributed by atoms with E-state index >= 15 is 0 Å². The molecule has 1 atom stereocenters. The first-order valence-corrected chi connectivity index (χ1v) is 6.22. The van der Waals surface area contributed by atoms with Gasteiger partial charge in [0.1, 0.15) is 0 Å². The van der Waals surface area contributed by atoms with Gasteiger partial charge in [0.2, 0.25) is 0 Å². The number of nitrogens with one attached hydrogen (secondary N) is 1. The minimum absolute atomic E-state index is 0.192. The Morgan fingerprint density at radius 3 is 2.67 bits per heavy atom. The summed E-state index contributed by atoms with van der Waals surface area (Å²) in [4.78, 5) is 12.0. The molecule has 5 heteroatoms. The van der Waals surface area contributed by atoms with Crippen LogP contribution < -0.4 is 14.8 Å². The molecule has 0 bridgehead atoms. The van der Waals surface area contributed by atoms with Crippen LogP contribution in [0.25, 0.3) is 0 Å². The molecule has 0 aliphatic heterocycles. The van der Waals surface area contributed by atoms with E-state index in [0.717, 1.165) is 0 Å². The molecule has 1 aromatic rings. The third-order valence-corrected chi connectivity index (χ3v) is 3.05. The SMILES string of the molecule is COc1cccc(C(=O)NCC(C)CCl)c1OC. The molecule has 0 radical (unpaired) electrons. The Kier molecular flexibility index (Phi) is 5.78. The van der Waals surface area contributed by atoms with E-state index in [4.69, 9.17) is 21.1 Å². The highest BCUT2D eigenvalue weighted by Crippen LogP contribution is 2.30. The number of hydrogen-bond donors (Lipinski definition) is 1. The highest BCUT2D eigenvalue weighted by atomic mass is 35.5. The fraction of sp³-hybridized carbons (Fsp3) is 0.462. The van der Waals surface area contributed by atoms with Crippen LogP contribution in [0.4, 0.5) is 0 Å². The third kappa shape index (κ3) is 3.53. The molecule has 0 aromatic heterocycles. The van der Waals surface area contributed by atoms with Gasteiger partial charge in [0.15, 0.2) is 11.5 Å². The molecule has 0 fully saturated rings. The zero-order chi connectivity index (χ0) is 13.5. The average molecular weight is 272 g/mol. The van der Waals surface area contributed by atoms with Gasteiger partial charge in [-0.1, -0.05) is 13.0 Å². The van der Waals surface area contributed by atoms with Crippen molar-refractivity contribution in [3.05, 3.63) is 23.8 Å². The van der Waals surface area contributed by atoms with Gasteiger partial charge in [-0.25, -0.2) is 0 Å². The van der Waals surface area contributed by atoms with Crippen LogP contribution in [0, 0.1) is 5.92 Å². The Bertz CT molecular complexity index is 409. The quantitative estimate of drug-likeness (QED) is 0.808. The Morgan fingerprint density at radius 1 is 1.39 bits per heavy atom. The summed E-state index contributed by atoms with van der Waals surface area (Å²) in [6, 6.07) is 5.19. The molecule has 0 heterocycles. The lowest BCUT2D eigenvalue weighted by Gasteiger charge is -2.13. The normalized spacial score (nSPS) is 11.8. The molecule has 1 N–H and O–H groups in total. The van der Waals surface area contributed by atoms with Crippen LogP contribution in [0.1, 0.15) is 17.3 Å². The summed E-state index contributed by atoms with van der Waals surface area (Å²) in [5.41, 5.74) is 0.457. The maximum Gasteiger partial charge on any atom is 0.255 e. The zero-order valence-electron chi connectivity index (χ0n) is 10.8. The predicted octanol–water partition coefficient (Wildman–Crippen LogP) is 2.31. The van der Waals surface area contributed by atoms with E-state index in [1.165, 1.54) is 14.2 Å². The lowest BCUT2D eigenvalue weighted by Crippen LogP contribution is -2.29. The van der Waals surface area contributed by atoms with E-state index in [0.29, 0.717) is 29.5 Å². The number of amides is 1. The van der Waals surface area contributed by atoms with Crippen molar-refractivity contribution < 1.29 is 14.3 Å². The summed E-state index contributed by atoms with van der Waals surface area (Å²) < 4.78 is 10.4. The maximum atomic E-state index is 12.0. The molecule has 18 heavy (non-hydrogen) atoms. The van der Waals surface area contributed by atoms with Crippen LogP contribution in [0.3, 0.4) is 0 Å². The number of benzene rings is 1. The molecular formula is C13H18ClNO3. The second-order valence-electron chi connectivity index (χ2n) is 4.01. The molecule has 0 saturated heterocycles. The van der Waals surface area contributed by atoms with Gasteiger partial charge in [-0.2, -0.15) is 0 Å². The summed E-state index contributed by atoms with van der Waals surface area (Å²) in [5, 5.41) is 2.82. The topological polar surface area (TPSA) is 47.6 Å². The van der Waals surface area contributed by atoms with Gasteiger partial charge >= 0.3 is 0 Å². The van der Waals surface area contributed by atoms with E-state index in [2.05, 4.69) is 5.32 Å². The monoisotopic (exact) mass is 271 g/mol. The summed E-state index contributed by atoms with van der Waals surface area (Å²) in [6.45, 7) is 2.50. The number of alkyl halides is 1. The van der Waals surface area contributed by atoms with Crippen LogP contribution in [-0.4, -0.2) is 32.6 Å². The van der Waals surface area contributed by atoms with Crippen LogP contribution in [0.15, 0.2) is 18.2 Å². The first kappa shape index (κ1) is 14.6. The van der Waals surface area contributed by atoms with Crippen molar-refractivity contribution in [2.24, 2.45) is 5.92 Å². The molecule has 1 unspecified atom stereocenters. The number of carbonyl (C=O) groups is 1. The second-order valence-corrected chi connectivity index (χ2v) is 4.32. The van der Waals surface area contributed by atoms with E-state index < -0.39 is 0 Å². The number of rotatable bonds is 6. The number of halogens is 1. The Balaban J connectivity index is 2.85. The lowest BCUT2D eigenvalue weighted by molar-refractivity contribution is 0.0945. The minimum Gasteiger partial charge on any atom is -0.493 e. The molecule has 0 aliphatic carbocycles. The van der Waals surface area contributed by atoms with Crippen molar-refractivity contribution >= 4 is 17.5 Å². The molecule has 1 rings (SSSR count). The van der Waals surface area contributed by atoms with Crippen molar-refractivity contribution in [2.45, 2.75) is 6.92 Å². The number of methoxy groups -OCH3 is 2. The number of carbonyl (C=O) groups excluding carboxylic acids is 1. The van der Waals surface area contributed by atoms with Crippen LogP contribution in [-0.2, 0) is 0 Å². The van der Waals surface area contributed by atoms with Crippen molar-refractivity contribution in [3.63, 3.8) is 0 Å². The van der Waals surface area contributed by atoms with Gasteiger partial charge < -0.3 is 14.8 Å². The first-order chi connectivity index (χ1) is 8.63. The van der Waals surface area contributed by atoms with Gasteiger partial charge in [0.05, 0.1) is 19.8 Å². The predicted molar refractivity (Wildman–Crippen MR) is 71.8 cm³/mol. The summed E-state index contributed by atoms with van der Waals surface area (Å²) >= 11 is 5.69. The third-order valence-electron chi connectivity index (χ3n) is 2.52. The van der Waals surface area contributed by atoms with E-state index in [9.17, 15) is 4.79 Å². The van der Waals surface area contributed by atoms with Crippen molar-refractivity contribution in [1.29, 1.82) is 0 Å². The molecule has 0 aliphatic rings. The van der Waals surface area contributed by atoms with Gasteiger partial charge in [-0.3, -0.25) is 4.79 Å². The van der Waals surface area contributed by atoms with Crippen LogP contribution in [0.2, 0.25) is 0 Å². The Labute approximate surface area is 112 Å². The van der Waals surface area contributed by atoms with Crippen molar-refractivity contribution in [3.8, 4) is 11.5 Å². The van der Waals surface area contributed by atoms with Gasteiger partial charge in [-0.05, 0) is 18.1 Å². The highest BCUT2D eigenvalue weighted by molar-refractivity contribution is 6.18. The molecule has 4 nitrogen and oxygen atoms in total. The zero-order valence-corrected chi connectivity index (χ0v) is 11.6. The van der Waals surface area contributed by atoms with E-state index in [-0.39, 0.29) is 11.8 Å². The summed E-state index contributed by atoms with van der Waals surface area (Å²) in [7, 11) is 3.05. The molecule has 100 valence electrons.